The highest BCUT2D eigenvalue weighted by atomic mass is 16.4. The normalized spacial score (nSPS) is 10.8. The molecule has 5 heteroatoms. The molecule has 5 nitrogen and oxygen atoms in total. The molecule has 3 aromatic rings. The smallest absolute Gasteiger partial charge is 0.356 e. The molecule has 0 radical (unpaired) electrons. The van der Waals surface area contributed by atoms with E-state index in [1.54, 1.807) is 16.8 Å². The third-order valence-electron chi connectivity index (χ3n) is 2.93. The van der Waals surface area contributed by atoms with Gasteiger partial charge in [0.2, 0.25) is 0 Å². The lowest BCUT2D eigenvalue weighted by Gasteiger charge is -2.01. The molecule has 3 rings (SSSR count). The van der Waals surface area contributed by atoms with Gasteiger partial charge in [0.05, 0.1) is 11.7 Å². The van der Waals surface area contributed by atoms with Crippen molar-refractivity contribution in [3.63, 3.8) is 0 Å². The average Bonchev–Trinajstić information content (AvgIpc) is 2.78. The molecule has 0 unspecified atom stereocenters. The number of aryl methyl sites for hydroxylation is 1. The molecule has 1 aromatic carbocycles. The Hall–Kier alpha value is -2.69. The van der Waals surface area contributed by atoms with E-state index in [0.717, 1.165) is 11.1 Å². The largest absolute Gasteiger partial charge is 0.476 e. The number of fused-ring (bicyclic) bond motifs is 1. The lowest BCUT2D eigenvalue weighted by atomic mass is 10.1. The second-order valence-corrected chi connectivity index (χ2v) is 4.29. The summed E-state index contributed by atoms with van der Waals surface area (Å²) in [6, 6.07) is 7.79. The molecular formula is C14H11N3O2. The number of carbonyl (C=O) groups is 1. The van der Waals surface area contributed by atoms with Crippen molar-refractivity contribution in [2.24, 2.45) is 0 Å². The Bertz CT molecular complexity index is 777. The first kappa shape index (κ1) is 11.4. The van der Waals surface area contributed by atoms with Gasteiger partial charge >= 0.3 is 5.97 Å². The van der Waals surface area contributed by atoms with E-state index < -0.39 is 5.97 Å². The summed E-state index contributed by atoms with van der Waals surface area (Å²) in [5.41, 5.74) is 2.49. The maximum atomic E-state index is 11.2. The van der Waals surface area contributed by atoms with E-state index in [2.05, 4.69) is 9.97 Å². The highest BCUT2D eigenvalue weighted by molar-refractivity contribution is 5.94. The van der Waals surface area contributed by atoms with Gasteiger partial charge in [-0.1, -0.05) is 23.8 Å². The Morgan fingerprint density at radius 1 is 1.37 bits per heavy atom. The average molecular weight is 253 g/mol. The number of carboxylic acid groups (broad SMARTS) is 1. The van der Waals surface area contributed by atoms with Gasteiger partial charge in [-0.15, -0.1) is 0 Å². The Balaban J connectivity index is 2.33. The summed E-state index contributed by atoms with van der Waals surface area (Å²) in [5, 5.41) is 9.19. The fraction of sp³-hybridized carbons (Fsp3) is 0.0714. The van der Waals surface area contributed by atoms with Crippen molar-refractivity contribution in [3.05, 3.63) is 54.1 Å². The van der Waals surface area contributed by atoms with E-state index in [1.165, 1.54) is 6.20 Å². The van der Waals surface area contributed by atoms with Crippen LogP contribution in [-0.4, -0.2) is 25.4 Å². The highest BCUT2D eigenvalue weighted by Gasteiger charge is 2.17. The number of aromatic nitrogens is 3. The zero-order valence-electron chi connectivity index (χ0n) is 10.2. The van der Waals surface area contributed by atoms with E-state index in [-0.39, 0.29) is 5.69 Å². The zero-order valence-corrected chi connectivity index (χ0v) is 10.2. The quantitative estimate of drug-likeness (QED) is 0.761. The number of hydrogen-bond donors (Lipinski definition) is 1. The maximum Gasteiger partial charge on any atom is 0.356 e. The molecule has 0 saturated heterocycles. The van der Waals surface area contributed by atoms with Gasteiger partial charge < -0.3 is 5.11 Å². The highest BCUT2D eigenvalue weighted by Crippen LogP contribution is 2.23. The van der Waals surface area contributed by atoms with Crippen LogP contribution in [0.25, 0.3) is 16.9 Å². The summed E-state index contributed by atoms with van der Waals surface area (Å²) in [4.78, 5) is 19.4. The molecule has 0 saturated carbocycles. The number of aromatic carboxylic acids is 1. The molecule has 0 aliphatic rings. The molecule has 1 N–H and O–H groups in total. The van der Waals surface area contributed by atoms with E-state index in [4.69, 9.17) is 0 Å². The predicted octanol–water partition coefficient (Wildman–Crippen LogP) is 2.40. The lowest BCUT2D eigenvalue weighted by Crippen LogP contribution is -1.97. The first-order valence-electron chi connectivity index (χ1n) is 5.79. The summed E-state index contributed by atoms with van der Waals surface area (Å²) in [7, 11) is 0. The SMILES string of the molecule is Cc1cccc(-c2nc(C(=O)O)c3cnccn23)c1. The molecule has 2 heterocycles. The standard InChI is InChI=1S/C14H11N3O2/c1-9-3-2-4-10(7-9)13-16-12(14(18)19)11-8-15-5-6-17(11)13/h2-8H,1H3,(H,18,19). The van der Waals surface area contributed by atoms with Crippen molar-refractivity contribution < 1.29 is 9.90 Å². The third-order valence-corrected chi connectivity index (χ3v) is 2.93. The van der Waals surface area contributed by atoms with Gasteiger partial charge in [-0.25, -0.2) is 9.78 Å². The van der Waals surface area contributed by atoms with Crippen LogP contribution in [0.1, 0.15) is 16.1 Å². The Morgan fingerprint density at radius 2 is 2.21 bits per heavy atom. The zero-order chi connectivity index (χ0) is 13.4. The molecule has 0 aliphatic heterocycles. The van der Waals surface area contributed by atoms with Gasteiger partial charge in [-0.05, 0) is 13.0 Å². The second-order valence-electron chi connectivity index (χ2n) is 4.29. The minimum atomic E-state index is -1.05. The van der Waals surface area contributed by atoms with Crippen LogP contribution in [0, 0.1) is 6.92 Å². The maximum absolute atomic E-state index is 11.2. The lowest BCUT2D eigenvalue weighted by molar-refractivity contribution is 0.0693. The predicted molar refractivity (Wildman–Crippen MR) is 70.1 cm³/mol. The summed E-state index contributed by atoms with van der Waals surface area (Å²) in [6.45, 7) is 1.99. The second kappa shape index (κ2) is 4.20. The van der Waals surface area contributed by atoms with E-state index in [1.807, 2.05) is 31.2 Å². The first-order valence-corrected chi connectivity index (χ1v) is 5.79. The molecular weight excluding hydrogens is 242 g/mol. The molecule has 2 aromatic heterocycles. The van der Waals surface area contributed by atoms with Gasteiger partial charge in [0.25, 0.3) is 0 Å². The van der Waals surface area contributed by atoms with Gasteiger partial charge in [0, 0.05) is 18.0 Å². The molecule has 0 bridgehead atoms. The topological polar surface area (TPSA) is 67.5 Å². The van der Waals surface area contributed by atoms with Gasteiger partial charge in [-0.2, -0.15) is 0 Å². The number of carboxylic acids is 1. The molecule has 0 atom stereocenters. The number of rotatable bonds is 2. The first-order chi connectivity index (χ1) is 9.16. The summed E-state index contributed by atoms with van der Waals surface area (Å²) < 4.78 is 1.74. The Morgan fingerprint density at radius 3 is 2.95 bits per heavy atom. The van der Waals surface area contributed by atoms with Crippen molar-refractivity contribution in [1.29, 1.82) is 0 Å². The summed E-state index contributed by atoms with van der Waals surface area (Å²) in [5.74, 6) is -0.442. The van der Waals surface area contributed by atoms with Crippen LogP contribution in [0.5, 0.6) is 0 Å². The van der Waals surface area contributed by atoms with E-state index in [0.29, 0.717) is 11.3 Å². The summed E-state index contributed by atoms with van der Waals surface area (Å²) in [6.07, 6.45) is 4.84. The van der Waals surface area contributed by atoms with Crippen LogP contribution < -0.4 is 0 Å². The van der Waals surface area contributed by atoms with Crippen molar-refractivity contribution in [1.82, 2.24) is 14.4 Å². The van der Waals surface area contributed by atoms with Gasteiger partial charge in [0.15, 0.2) is 5.69 Å². The van der Waals surface area contributed by atoms with Crippen LogP contribution >= 0.6 is 0 Å². The minimum absolute atomic E-state index is 0.0182. The fourth-order valence-electron chi connectivity index (χ4n) is 2.08. The molecule has 19 heavy (non-hydrogen) atoms. The van der Waals surface area contributed by atoms with E-state index >= 15 is 0 Å². The molecule has 0 amide bonds. The third kappa shape index (κ3) is 1.85. The van der Waals surface area contributed by atoms with Gasteiger partial charge in [-0.3, -0.25) is 9.38 Å². The number of imidazole rings is 1. The monoisotopic (exact) mass is 253 g/mol. The molecule has 0 aliphatic carbocycles. The van der Waals surface area contributed by atoms with Crippen molar-refractivity contribution in [3.8, 4) is 11.4 Å². The van der Waals surface area contributed by atoms with Crippen LogP contribution in [0.15, 0.2) is 42.9 Å². The van der Waals surface area contributed by atoms with Crippen LogP contribution in [0.3, 0.4) is 0 Å². The number of benzene rings is 1. The Labute approximate surface area is 109 Å². The van der Waals surface area contributed by atoms with Crippen molar-refractivity contribution >= 4 is 11.5 Å². The van der Waals surface area contributed by atoms with E-state index in [9.17, 15) is 9.90 Å². The number of nitrogens with zero attached hydrogens (tertiary/aromatic N) is 3. The van der Waals surface area contributed by atoms with Crippen LogP contribution in [-0.2, 0) is 0 Å². The summed E-state index contributed by atoms with van der Waals surface area (Å²) >= 11 is 0. The number of hydrogen-bond acceptors (Lipinski definition) is 3. The molecule has 94 valence electrons. The fourth-order valence-corrected chi connectivity index (χ4v) is 2.08. The van der Waals surface area contributed by atoms with Crippen molar-refractivity contribution in [2.75, 3.05) is 0 Å². The van der Waals surface area contributed by atoms with Crippen LogP contribution in [0.2, 0.25) is 0 Å². The van der Waals surface area contributed by atoms with Gasteiger partial charge in [0.1, 0.15) is 5.82 Å². The molecule has 0 fully saturated rings. The minimum Gasteiger partial charge on any atom is -0.476 e. The molecule has 0 spiro atoms. The Kier molecular flexibility index (Phi) is 2.52. The van der Waals surface area contributed by atoms with Crippen LogP contribution in [0.4, 0.5) is 0 Å². The van der Waals surface area contributed by atoms with Crippen molar-refractivity contribution in [2.45, 2.75) is 6.92 Å².